The van der Waals surface area contributed by atoms with Crippen LogP contribution < -0.4 is 5.32 Å². The third-order valence-corrected chi connectivity index (χ3v) is 3.70. The van der Waals surface area contributed by atoms with Crippen LogP contribution in [0.1, 0.15) is 10.4 Å². The number of hydrogen-bond donors (Lipinski definition) is 1. The lowest BCUT2D eigenvalue weighted by molar-refractivity contribution is 0.102. The minimum atomic E-state index is -0.545. The summed E-state index contributed by atoms with van der Waals surface area (Å²) >= 11 is 3.24. The van der Waals surface area contributed by atoms with Gasteiger partial charge in [0.2, 0.25) is 0 Å². The Morgan fingerprint density at radius 1 is 1.00 bits per heavy atom. The first-order valence-electron chi connectivity index (χ1n) is 6.39. The summed E-state index contributed by atoms with van der Waals surface area (Å²) in [5, 5.41) is 4.71. The lowest BCUT2D eigenvalue weighted by atomic mass is 10.1. The molecule has 2 nitrogen and oxygen atoms in total. The maximum absolute atomic E-state index is 13.8. The molecule has 0 heterocycles. The number of amides is 1. The first kappa shape index (κ1) is 13.8. The molecule has 3 aromatic carbocycles. The Kier molecular flexibility index (Phi) is 3.71. The molecule has 0 unspecified atom stereocenters. The second kappa shape index (κ2) is 5.66. The molecule has 0 radical (unpaired) electrons. The van der Waals surface area contributed by atoms with Gasteiger partial charge in [-0.2, -0.15) is 0 Å². The fraction of sp³-hybridized carbons (Fsp3) is 0. The molecule has 0 bridgehead atoms. The summed E-state index contributed by atoms with van der Waals surface area (Å²) < 4.78 is 14.4. The average molecular weight is 344 g/mol. The number of halogens is 2. The van der Waals surface area contributed by atoms with Crippen LogP contribution in [-0.4, -0.2) is 5.91 Å². The van der Waals surface area contributed by atoms with Crippen LogP contribution in [0.3, 0.4) is 0 Å². The van der Waals surface area contributed by atoms with E-state index in [4.69, 9.17) is 0 Å². The van der Waals surface area contributed by atoms with E-state index in [1.54, 1.807) is 12.1 Å². The molecule has 4 heteroatoms. The molecule has 3 rings (SSSR count). The van der Waals surface area contributed by atoms with Crippen LogP contribution >= 0.6 is 15.9 Å². The maximum Gasteiger partial charge on any atom is 0.258 e. The van der Waals surface area contributed by atoms with Gasteiger partial charge in [-0.15, -0.1) is 0 Å². The van der Waals surface area contributed by atoms with E-state index in [0.29, 0.717) is 10.2 Å². The van der Waals surface area contributed by atoms with Gasteiger partial charge in [-0.25, -0.2) is 4.39 Å². The molecule has 0 aliphatic carbocycles. The van der Waals surface area contributed by atoms with E-state index in [1.807, 2.05) is 36.4 Å². The molecule has 0 saturated heterocycles. The fourth-order valence-electron chi connectivity index (χ4n) is 2.20. The Labute approximate surface area is 129 Å². The van der Waals surface area contributed by atoms with Gasteiger partial charge in [-0.1, -0.05) is 52.3 Å². The third-order valence-electron chi connectivity index (χ3n) is 3.21. The highest BCUT2D eigenvalue weighted by Crippen LogP contribution is 2.24. The van der Waals surface area contributed by atoms with Crippen LogP contribution in [0, 0.1) is 5.82 Å². The highest BCUT2D eigenvalue weighted by molar-refractivity contribution is 9.10. The molecule has 1 amide bonds. The molecule has 0 fully saturated rings. The molecule has 0 saturated carbocycles. The minimum absolute atomic E-state index is 0.0114. The van der Waals surface area contributed by atoms with Gasteiger partial charge in [0.05, 0.1) is 5.56 Å². The highest BCUT2D eigenvalue weighted by atomic mass is 79.9. The molecule has 21 heavy (non-hydrogen) atoms. The second-order valence-corrected chi connectivity index (χ2v) is 5.52. The zero-order chi connectivity index (χ0) is 14.8. The predicted octanol–water partition coefficient (Wildman–Crippen LogP) is 4.99. The summed E-state index contributed by atoms with van der Waals surface area (Å²) in [4.78, 5) is 12.3. The van der Waals surface area contributed by atoms with Gasteiger partial charge in [0, 0.05) is 15.5 Å². The summed E-state index contributed by atoms with van der Waals surface area (Å²) in [7, 11) is 0. The van der Waals surface area contributed by atoms with Gasteiger partial charge in [0.25, 0.3) is 5.91 Å². The van der Waals surface area contributed by atoms with Crippen molar-refractivity contribution in [2.24, 2.45) is 0 Å². The summed E-state index contributed by atoms with van der Waals surface area (Å²) in [5.41, 5.74) is 0.676. The quantitative estimate of drug-likeness (QED) is 0.697. The predicted molar refractivity (Wildman–Crippen MR) is 86.0 cm³/mol. The van der Waals surface area contributed by atoms with Crippen LogP contribution in [0.5, 0.6) is 0 Å². The monoisotopic (exact) mass is 343 g/mol. The van der Waals surface area contributed by atoms with E-state index in [1.165, 1.54) is 12.1 Å². The number of benzene rings is 3. The van der Waals surface area contributed by atoms with Gasteiger partial charge < -0.3 is 5.32 Å². The summed E-state index contributed by atoms with van der Waals surface area (Å²) in [5.74, 6) is -1.01. The van der Waals surface area contributed by atoms with Crippen LogP contribution in [-0.2, 0) is 0 Å². The van der Waals surface area contributed by atoms with E-state index in [0.717, 1.165) is 10.8 Å². The number of rotatable bonds is 2. The molecule has 0 aromatic heterocycles. The highest BCUT2D eigenvalue weighted by Gasteiger charge is 2.13. The second-order valence-electron chi connectivity index (χ2n) is 4.61. The summed E-state index contributed by atoms with van der Waals surface area (Å²) in [6.07, 6.45) is 0. The van der Waals surface area contributed by atoms with Crippen molar-refractivity contribution in [3.8, 4) is 0 Å². The first-order valence-corrected chi connectivity index (χ1v) is 7.18. The molecular weight excluding hydrogens is 333 g/mol. The average Bonchev–Trinajstić information content (AvgIpc) is 2.50. The Morgan fingerprint density at radius 2 is 1.76 bits per heavy atom. The Balaban J connectivity index is 1.99. The third kappa shape index (κ3) is 2.81. The van der Waals surface area contributed by atoms with Gasteiger partial charge >= 0.3 is 0 Å². The van der Waals surface area contributed by atoms with Crippen molar-refractivity contribution in [1.29, 1.82) is 0 Å². The van der Waals surface area contributed by atoms with E-state index < -0.39 is 11.7 Å². The summed E-state index contributed by atoms with van der Waals surface area (Å²) in [6.45, 7) is 0. The number of carbonyl (C=O) groups excluding carboxylic acids is 1. The van der Waals surface area contributed by atoms with Crippen molar-refractivity contribution in [3.05, 3.63) is 76.5 Å². The fourth-order valence-corrected chi connectivity index (χ4v) is 2.56. The molecule has 0 aliphatic rings. The molecule has 104 valence electrons. The van der Waals surface area contributed by atoms with E-state index in [2.05, 4.69) is 21.2 Å². The minimum Gasteiger partial charge on any atom is -0.321 e. The van der Waals surface area contributed by atoms with Crippen LogP contribution in [0.4, 0.5) is 10.1 Å². The number of carbonyl (C=O) groups is 1. The van der Waals surface area contributed by atoms with E-state index in [-0.39, 0.29) is 5.56 Å². The SMILES string of the molecule is O=C(Nc1cccc2ccccc12)c1cc(Br)ccc1F. The molecular formula is C17H11BrFNO. The van der Waals surface area contributed by atoms with Crippen molar-refractivity contribution < 1.29 is 9.18 Å². The maximum atomic E-state index is 13.8. The summed E-state index contributed by atoms with van der Waals surface area (Å²) in [6, 6.07) is 17.6. The molecule has 1 N–H and O–H groups in total. The van der Waals surface area contributed by atoms with Crippen LogP contribution in [0.15, 0.2) is 65.1 Å². The van der Waals surface area contributed by atoms with Crippen molar-refractivity contribution >= 4 is 38.3 Å². The normalized spacial score (nSPS) is 10.6. The Morgan fingerprint density at radius 3 is 2.62 bits per heavy atom. The van der Waals surface area contributed by atoms with Gasteiger partial charge in [0.1, 0.15) is 5.82 Å². The van der Waals surface area contributed by atoms with Gasteiger partial charge in [-0.3, -0.25) is 4.79 Å². The molecule has 3 aromatic rings. The molecule has 0 atom stereocenters. The molecule has 0 spiro atoms. The van der Waals surface area contributed by atoms with E-state index >= 15 is 0 Å². The smallest absolute Gasteiger partial charge is 0.258 e. The zero-order valence-electron chi connectivity index (χ0n) is 10.9. The van der Waals surface area contributed by atoms with E-state index in [9.17, 15) is 9.18 Å². The van der Waals surface area contributed by atoms with Gasteiger partial charge in [0.15, 0.2) is 0 Å². The standard InChI is InChI=1S/C17H11BrFNO/c18-12-8-9-15(19)14(10-12)17(21)20-16-7-3-5-11-4-1-2-6-13(11)16/h1-10H,(H,20,21). The lowest BCUT2D eigenvalue weighted by Gasteiger charge is -2.09. The topological polar surface area (TPSA) is 29.1 Å². The van der Waals surface area contributed by atoms with Gasteiger partial charge in [-0.05, 0) is 29.7 Å². The van der Waals surface area contributed by atoms with Crippen molar-refractivity contribution in [1.82, 2.24) is 0 Å². The van der Waals surface area contributed by atoms with Crippen molar-refractivity contribution in [2.45, 2.75) is 0 Å². The van der Waals surface area contributed by atoms with Crippen molar-refractivity contribution in [2.75, 3.05) is 5.32 Å². The van der Waals surface area contributed by atoms with Crippen molar-refractivity contribution in [3.63, 3.8) is 0 Å². The van der Waals surface area contributed by atoms with Crippen LogP contribution in [0.25, 0.3) is 10.8 Å². The van der Waals surface area contributed by atoms with Crippen LogP contribution in [0.2, 0.25) is 0 Å². The Hall–Kier alpha value is -2.20. The zero-order valence-corrected chi connectivity index (χ0v) is 12.5. The Bertz CT molecular complexity index is 827. The number of anilines is 1. The number of hydrogen-bond acceptors (Lipinski definition) is 1. The number of nitrogens with one attached hydrogen (secondary N) is 1. The first-order chi connectivity index (χ1) is 10.1. The number of fused-ring (bicyclic) bond motifs is 1. The largest absolute Gasteiger partial charge is 0.321 e. The lowest BCUT2D eigenvalue weighted by Crippen LogP contribution is -2.14. The molecule has 0 aliphatic heterocycles.